The van der Waals surface area contributed by atoms with Crippen LogP contribution in [0.2, 0.25) is 0 Å². The molecule has 0 amide bonds. The summed E-state index contributed by atoms with van der Waals surface area (Å²) in [6.07, 6.45) is 2.47. The zero-order chi connectivity index (χ0) is 18.2. The van der Waals surface area contributed by atoms with Crippen LogP contribution in [0.1, 0.15) is 22.5 Å². The molecule has 0 saturated heterocycles. The smallest absolute Gasteiger partial charge is 0.132 e. The highest BCUT2D eigenvalue weighted by atomic mass is 31.2. The Morgan fingerprint density at radius 1 is 0.654 bits per heavy atom. The third kappa shape index (κ3) is 4.94. The van der Waals surface area contributed by atoms with E-state index in [1.54, 1.807) is 0 Å². The van der Waals surface area contributed by atoms with E-state index in [2.05, 4.69) is 24.3 Å². The first-order valence-corrected chi connectivity index (χ1v) is 11.2. The first kappa shape index (κ1) is 18.6. The van der Waals surface area contributed by atoms with E-state index in [4.69, 9.17) is 0 Å². The first-order valence-electron chi connectivity index (χ1n) is 9.06. The van der Waals surface area contributed by atoms with Gasteiger partial charge in [0.2, 0.25) is 0 Å². The number of aliphatic hydroxyl groups excluding tert-OH is 1. The number of hydrogen-bond acceptors (Lipinski definition) is 2. The van der Waals surface area contributed by atoms with E-state index in [1.807, 2.05) is 66.7 Å². The van der Waals surface area contributed by atoms with Crippen molar-refractivity contribution < 1.29 is 9.67 Å². The highest BCUT2D eigenvalue weighted by molar-refractivity contribution is 7.64. The quantitative estimate of drug-likeness (QED) is 0.534. The Bertz CT molecular complexity index is 784. The van der Waals surface area contributed by atoms with Crippen molar-refractivity contribution in [2.45, 2.75) is 18.7 Å². The van der Waals surface area contributed by atoms with Crippen molar-refractivity contribution in [1.29, 1.82) is 0 Å². The van der Waals surface area contributed by atoms with E-state index in [0.717, 1.165) is 29.5 Å². The minimum atomic E-state index is -2.81. The predicted octanol–water partition coefficient (Wildman–Crippen LogP) is 5.53. The molecular formula is C23H25O2P. The Kier molecular flexibility index (Phi) is 6.44. The molecule has 1 atom stereocenters. The second-order valence-electron chi connectivity index (χ2n) is 6.66. The van der Waals surface area contributed by atoms with E-state index >= 15 is 0 Å². The van der Waals surface area contributed by atoms with Gasteiger partial charge in [-0.05, 0) is 29.5 Å². The van der Waals surface area contributed by atoms with E-state index in [1.165, 1.54) is 0 Å². The van der Waals surface area contributed by atoms with Gasteiger partial charge in [-0.25, -0.2) is 0 Å². The molecule has 0 bridgehead atoms. The lowest BCUT2D eigenvalue weighted by Crippen LogP contribution is -2.10. The van der Waals surface area contributed by atoms with Crippen LogP contribution in [0.25, 0.3) is 0 Å². The average Bonchev–Trinajstić information content (AvgIpc) is 2.72. The van der Waals surface area contributed by atoms with Crippen LogP contribution in [0.4, 0.5) is 0 Å². The van der Waals surface area contributed by atoms with E-state index < -0.39 is 13.0 Å². The first-order chi connectivity index (χ1) is 12.7. The summed E-state index contributed by atoms with van der Waals surface area (Å²) in [5, 5.41) is 10.9. The summed E-state index contributed by atoms with van der Waals surface area (Å²) in [5.74, 6) is -0.906. The molecule has 3 rings (SSSR count). The monoisotopic (exact) mass is 364 g/mol. The molecule has 0 spiro atoms. The van der Waals surface area contributed by atoms with Crippen LogP contribution in [-0.4, -0.2) is 17.4 Å². The van der Waals surface area contributed by atoms with Gasteiger partial charge in [0.05, 0.1) is 0 Å². The second kappa shape index (κ2) is 8.98. The molecule has 0 aliphatic carbocycles. The van der Waals surface area contributed by atoms with Gasteiger partial charge in [-0.3, -0.25) is 0 Å². The zero-order valence-corrected chi connectivity index (χ0v) is 15.8. The summed E-state index contributed by atoms with van der Waals surface area (Å²) in [7, 11) is -2.81. The molecule has 0 aliphatic rings. The van der Waals surface area contributed by atoms with Crippen molar-refractivity contribution >= 4 is 7.14 Å². The van der Waals surface area contributed by atoms with Gasteiger partial charge in [0.1, 0.15) is 13.0 Å². The maximum absolute atomic E-state index is 13.8. The van der Waals surface area contributed by atoms with Crippen LogP contribution in [-0.2, 0) is 17.4 Å². The van der Waals surface area contributed by atoms with E-state index in [9.17, 15) is 9.67 Å². The Balaban J connectivity index is 1.78. The highest BCUT2D eigenvalue weighted by Gasteiger charge is 2.32. The van der Waals surface area contributed by atoms with Crippen molar-refractivity contribution in [3.63, 3.8) is 0 Å². The van der Waals surface area contributed by atoms with Crippen molar-refractivity contribution in [3.05, 3.63) is 108 Å². The minimum Gasteiger partial charge on any atom is -0.381 e. The fourth-order valence-corrected chi connectivity index (χ4v) is 5.88. The topological polar surface area (TPSA) is 37.3 Å². The summed E-state index contributed by atoms with van der Waals surface area (Å²) in [5.41, 5.74) is 3.07. The minimum absolute atomic E-state index is 0.514. The van der Waals surface area contributed by atoms with Crippen LogP contribution in [0, 0.1) is 0 Å². The second-order valence-corrected chi connectivity index (χ2v) is 9.94. The lowest BCUT2D eigenvalue weighted by molar-refractivity contribution is 0.252. The normalized spacial score (nSPS) is 12.7. The lowest BCUT2D eigenvalue weighted by atomic mass is 10.2. The molecule has 3 heteroatoms. The van der Waals surface area contributed by atoms with E-state index in [0.29, 0.717) is 12.3 Å². The number of rotatable bonds is 8. The van der Waals surface area contributed by atoms with Gasteiger partial charge in [-0.15, -0.1) is 0 Å². The fraction of sp³-hybridized carbons (Fsp3) is 0.217. The SMILES string of the molecule is O=P(CCc1ccccc1)(CCc1ccccc1)C(O)c1ccccc1. The van der Waals surface area contributed by atoms with Crippen molar-refractivity contribution in [1.82, 2.24) is 0 Å². The molecule has 1 N–H and O–H groups in total. The summed E-state index contributed by atoms with van der Waals surface area (Å²) < 4.78 is 13.8. The molecule has 0 aromatic heterocycles. The molecule has 0 fully saturated rings. The Morgan fingerprint density at radius 2 is 1.04 bits per heavy atom. The summed E-state index contributed by atoms with van der Waals surface area (Å²) >= 11 is 0. The van der Waals surface area contributed by atoms with Gasteiger partial charge < -0.3 is 9.67 Å². The molecule has 3 aromatic carbocycles. The number of hydrogen-bond donors (Lipinski definition) is 1. The molecule has 1 unspecified atom stereocenters. The summed E-state index contributed by atoms with van der Waals surface area (Å²) in [6, 6.07) is 29.6. The average molecular weight is 364 g/mol. The molecule has 0 radical (unpaired) electrons. The van der Waals surface area contributed by atoms with Gasteiger partial charge in [0.25, 0.3) is 0 Å². The maximum Gasteiger partial charge on any atom is 0.132 e. The number of aryl methyl sites for hydroxylation is 2. The van der Waals surface area contributed by atoms with Gasteiger partial charge >= 0.3 is 0 Å². The highest BCUT2D eigenvalue weighted by Crippen LogP contribution is 2.58. The van der Waals surface area contributed by atoms with Crippen LogP contribution >= 0.6 is 7.14 Å². The molecule has 0 heterocycles. The molecule has 0 aliphatic heterocycles. The van der Waals surface area contributed by atoms with Crippen LogP contribution in [0.3, 0.4) is 0 Å². The molecule has 3 aromatic rings. The van der Waals surface area contributed by atoms with Crippen molar-refractivity contribution in [2.24, 2.45) is 0 Å². The molecule has 2 nitrogen and oxygen atoms in total. The molecule has 26 heavy (non-hydrogen) atoms. The third-order valence-electron chi connectivity index (χ3n) is 4.79. The molecule has 0 saturated carbocycles. The standard InChI is InChI=1S/C23H25O2P/c24-23(22-14-8-3-9-15-22)26(25,18-16-20-10-4-1-5-11-20)19-17-21-12-6-2-7-13-21/h1-15,23-24H,16-19H2. The van der Waals surface area contributed by atoms with Crippen LogP contribution in [0.5, 0.6) is 0 Å². The van der Waals surface area contributed by atoms with E-state index in [-0.39, 0.29) is 0 Å². The van der Waals surface area contributed by atoms with Gasteiger partial charge in [-0.1, -0.05) is 91.0 Å². The number of aliphatic hydroxyl groups is 1. The zero-order valence-electron chi connectivity index (χ0n) is 14.9. The van der Waals surface area contributed by atoms with Crippen LogP contribution in [0.15, 0.2) is 91.0 Å². The molecular weight excluding hydrogens is 339 g/mol. The Labute approximate surface area is 155 Å². The third-order valence-corrected chi connectivity index (χ3v) is 7.94. The largest absolute Gasteiger partial charge is 0.381 e. The van der Waals surface area contributed by atoms with Gasteiger partial charge in [0.15, 0.2) is 0 Å². The van der Waals surface area contributed by atoms with Crippen LogP contribution < -0.4 is 0 Å². The maximum atomic E-state index is 13.8. The fourth-order valence-electron chi connectivity index (χ4n) is 3.18. The molecule has 134 valence electrons. The van der Waals surface area contributed by atoms with Gasteiger partial charge in [-0.2, -0.15) is 0 Å². The van der Waals surface area contributed by atoms with Crippen molar-refractivity contribution in [3.8, 4) is 0 Å². The Hall–Kier alpha value is -2.15. The lowest BCUT2D eigenvalue weighted by Gasteiger charge is -2.24. The summed E-state index contributed by atoms with van der Waals surface area (Å²) in [4.78, 5) is 0. The number of benzene rings is 3. The van der Waals surface area contributed by atoms with Crippen molar-refractivity contribution in [2.75, 3.05) is 12.3 Å². The Morgan fingerprint density at radius 3 is 1.46 bits per heavy atom. The summed E-state index contributed by atoms with van der Waals surface area (Å²) in [6.45, 7) is 0. The predicted molar refractivity (Wildman–Crippen MR) is 109 cm³/mol. The van der Waals surface area contributed by atoms with Gasteiger partial charge in [0, 0.05) is 12.3 Å².